The lowest BCUT2D eigenvalue weighted by atomic mass is 10.3. The Hall–Kier alpha value is -2.23. The second-order valence-corrected chi connectivity index (χ2v) is 3.42. The number of pyridine rings is 1. The lowest BCUT2D eigenvalue weighted by Crippen LogP contribution is -2.09. The minimum Gasteiger partial charge on any atom is -0.490 e. The molecule has 2 aromatic rings. The predicted molar refractivity (Wildman–Crippen MR) is 66.1 cm³/mol. The van der Waals surface area contributed by atoms with Gasteiger partial charge in [0.25, 0.3) is 0 Å². The van der Waals surface area contributed by atoms with Crippen molar-refractivity contribution in [3.63, 3.8) is 0 Å². The molecule has 88 valence electrons. The Kier molecular flexibility index (Phi) is 3.81. The molecule has 2 rings (SSSR count). The van der Waals surface area contributed by atoms with Crippen LogP contribution in [0.2, 0.25) is 0 Å². The molecular weight excluding hydrogens is 216 g/mol. The summed E-state index contributed by atoms with van der Waals surface area (Å²) in [5.74, 6) is 1.47. The van der Waals surface area contributed by atoms with Gasteiger partial charge in [-0.2, -0.15) is 0 Å². The molecule has 2 N–H and O–H groups in total. The highest BCUT2D eigenvalue weighted by molar-refractivity contribution is 5.49. The number of nitrogens with zero attached hydrogens (tertiary/aromatic N) is 1. The smallest absolute Gasteiger partial charge is 0.145 e. The van der Waals surface area contributed by atoms with Crippen LogP contribution in [0, 0.1) is 0 Å². The fourth-order valence-corrected chi connectivity index (χ4v) is 1.35. The summed E-state index contributed by atoms with van der Waals surface area (Å²) in [4.78, 5) is 3.88. The maximum Gasteiger partial charge on any atom is 0.145 e. The highest BCUT2D eigenvalue weighted by Crippen LogP contribution is 2.18. The normalized spacial score (nSPS) is 9.88. The van der Waals surface area contributed by atoms with Crippen LogP contribution in [-0.2, 0) is 0 Å². The van der Waals surface area contributed by atoms with Crippen molar-refractivity contribution in [2.45, 2.75) is 0 Å². The maximum atomic E-state index is 5.69. The van der Waals surface area contributed by atoms with Crippen molar-refractivity contribution in [3.05, 3.63) is 48.8 Å². The second kappa shape index (κ2) is 5.75. The van der Waals surface area contributed by atoms with Gasteiger partial charge in [0.15, 0.2) is 0 Å². The van der Waals surface area contributed by atoms with Crippen molar-refractivity contribution < 1.29 is 9.47 Å². The molecule has 0 radical (unpaired) electrons. The van der Waals surface area contributed by atoms with E-state index in [4.69, 9.17) is 15.2 Å². The largest absolute Gasteiger partial charge is 0.490 e. The van der Waals surface area contributed by atoms with Crippen molar-refractivity contribution >= 4 is 5.69 Å². The fourth-order valence-electron chi connectivity index (χ4n) is 1.35. The monoisotopic (exact) mass is 230 g/mol. The molecule has 0 fully saturated rings. The van der Waals surface area contributed by atoms with E-state index >= 15 is 0 Å². The molecule has 0 aliphatic carbocycles. The third-order valence-corrected chi connectivity index (χ3v) is 2.16. The first-order valence-corrected chi connectivity index (χ1v) is 5.36. The number of ether oxygens (including phenoxy) is 2. The van der Waals surface area contributed by atoms with Gasteiger partial charge in [-0.25, -0.2) is 0 Å². The van der Waals surface area contributed by atoms with Gasteiger partial charge in [0.1, 0.15) is 24.7 Å². The van der Waals surface area contributed by atoms with Gasteiger partial charge < -0.3 is 15.2 Å². The van der Waals surface area contributed by atoms with E-state index in [0.29, 0.717) is 24.7 Å². The standard InChI is InChI=1S/C13H14N2O2/c14-12-10-15-7-6-13(12)17-9-8-16-11-4-2-1-3-5-11/h1-7,10H,8-9,14H2. The van der Waals surface area contributed by atoms with Crippen molar-refractivity contribution in [1.29, 1.82) is 0 Å². The number of hydrogen-bond donors (Lipinski definition) is 1. The van der Waals surface area contributed by atoms with Gasteiger partial charge in [-0.3, -0.25) is 4.98 Å². The van der Waals surface area contributed by atoms with Gasteiger partial charge in [-0.1, -0.05) is 18.2 Å². The van der Waals surface area contributed by atoms with E-state index in [0.717, 1.165) is 5.75 Å². The molecule has 0 aliphatic heterocycles. The first kappa shape index (κ1) is 11.3. The lowest BCUT2D eigenvalue weighted by molar-refractivity contribution is 0.218. The van der Waals surface area contributed by atoms with E-state index in [1.54, 1.807) is 18.5 Å². The SMILES string of the molecule is Nc1cnccc1OCCOc1ccccc1. The molecule has 0 aliphatic rings. The number of nitrogens with two attached hydrogens (primary N) is 1. The van der Waals surface area contributed by atoms with Crippen LogP contribution in [0.15, 0.2) is 48.8 Å². The average molecular weight is 230 g/mol. The highest BCUT2D eigenvalue weighted by Gasteiger charge is 1.98. The van der Waals surface area contributed by atoms with Crippen LogP contribution in [0.4, 0.5) is 5.69 Å². The highest BCUT2D eigenvalue weighted by atomic mass is 16.5. The molecule has 1 aromatic heterocycles. The minimum atomic E-state index is 0.448. The molecular formula is C13H14N2O2. The summed E-state index contributed by atoms with van der Waals surface area (Å²) in [6, 6.07) is 11.3. The molecule has 4 nitrogen and oxygen atoms in total. The fraction of sp³-hybridized carbons (Fsp3) is 0.154. The molecule has 0 bridgehead atoms. The van der Waals surface area contributed by atoms with Crippen molar-refractivity contribution in [2.75, 3.05) is 18.9 Å². The number of hydrogen-bond acceptors (Lipinski definition) is 4. The number of anilines is 1. The second-order valence-electron chi connectivity index (χ2n) is 3.42. The van der Waals surface area contributed by atoms with Crippen LogP contribution in [0.5, 0.6) is 11.5 Å². The molecule has 17 heavy (non-hydrogen) atoms. The molecule has 0 amide bonds. The summed E-state index contributed by atoms with van der Waals surface area (Å²) < 4.78 is 11.0. The number of benzene rings is 1. The zero-order chi connectivity index (χ0) is 11.9. The molecule has 0 saturated carbocycles. The van der Waals surface area contributed by atoms with Crippen molar-refractivity contribution in [2.24, 2.45) is 0 Å². The lowest BCUT2D eigenvalue weighted by Gasteiger charge is -2.09. The Morgan fingerprint density at radius 1 is 1.00 bits per heavy atom. The van der Waals surface area contributed by atoms with E-state index in [2.05, 4.69) is 4.98 Å². The zero-order valence-electron chi connectivity index (χ0n) is 9.37. The molecule has 0 atom stereocenters. The first-order chi connectivity index (χ1) is 8.36. The van der Waals surface area contributed by atoms with E-state index in [9.17, 15) is 0 Å². The Balaban J connectivity index is 1.76. The summed E-state index contributed by atoms with van der Waals surface area (Å²) in [7, 11) is 0. The van der Waals surface area contributed by atoms with Crippen molar-refractivity contribution in [3.8, 4) is 11.5 Å². The topological polar surface area (TPSA) is 57.4 Å². The Labute approximate surface area is 100 Å². The number of rotatable bonds is 5. The van der Waals surface area contributed by atoms with Crippen LogP contribution in [0.25, 0.3) is 0 Å². The Morgan fingerprint density at radius 3 is 2.53 bits per heavy atom. The molecule has 0 unspecified atom stereocenters. The van der Waals surface area contributed by atoms with Crippen LogP contribution < -0.4 is 15.2 Å². The van der Waals surface area contributed by atoms with Gasteiger partial charge in [-0.05, 0) is 12.1 Å². The summed E-state index contributed by atoms with van der Waals surface area (Å²) >= 11 is 0. The van der Waals surface area contributed by atoms with E-state index in [1.807, 2.05) is 30.3 Å². The van der Waals surface area contributed by atoms with Gasteiger partial charge in [0, 0.05) is 12.3 Å². The van der Waals surface area contributed by atoms with E-state index in [-0.39, 0.29) is 0 Å². The summed E-state index contributed by atoms with van der Waals surface area (Å²) in [6.07, 6.45) is 3.21. The summed E-state index contributed by atoms with van der Waals surface area (Å²) in [5, 5.41) is 0. The summed E-state index contributed by atoms with van der Waals surface area (Å²) in [6.45, 7) is 0.925. The first-order valence-electron chi connectivity index (χ1n) is 5.36. The Morgan fingerprint density at radius 2 is 1.76 bits per heavy atom. The zero-order valence-corrected chi connectivity index (χ0v) is 9.37. The van der Waals surface area contributed by atoms with E-state index < -0.39 is 0 Å². The maximum absolute atomic E-state index is 5.69. The predicted octanol–water partition coefficient (Wildman–Crippen LogP) is 2.12. The van der Waals surface area contributed by atoms with Crippen LogP contribution in [-0.4, -0.2) is 18.2 Å². The van der Waals surface area contributed by atoms with Crippen molar-refractivity contribution in [1.82, 2.24) is 4.98 Å². The quantitative estimate of drug-likeness (QED) is 0.799. The molecule has 0 saturated heterocycles. The number of aromatic nitrogens is 1. The molecule has 4 heteroatoms. The number of nitrogen functional groups attached to an aromatic ring is 1. The third-order valence-electron chi connectivity index (χ3n) is 2.16. The van der Waals surface area contributed by atoms with Gasteiger partial charge in [0.05, 0.1) is 11.9 Å². The van der Waals surface area contributed by atoms with Gasteiger partial charge in [0.2, 0.25) is 0 Å². The van der Waals surface area contributed by atoms with Gasteiger partial charge >= 0.3 is 0 Å². The minimum absolute atomic E-state index is 0.448. The van der Waals surface area contributed by atoms with Crippen LogP contribution in [0.3, 0.4) is 0 Å². The summed E-state index contributed by atoms with van der Waals surface area (Å²) in [5.41, 5.74) is 6.22. The molecule has 1 heterocycles. The number of para-hydroxylation sites is 1. The molecule has 0 spiro atoms. The molecule has 1 aromatic carbocycles. The Bertz CT molecular complexity index is 460. The van der Waals surface area contributed by atoms with Crippen LogP contribution in [0.1, 0.15) is 0 Å². The average Bonchev–Trinajstić information content (AvgIpc) is 2.38. The van der Waals surface area contributed by atoms with E-state index in [1.165, 1.54) is 0 Å². The van der Waals surface area contributed by atoms with Gasteiger partial charge in [-0.15, -0.1) is 0 Å². The third kappa shape index (κ3) is 3.38. The van der Waals surface area contributed by atoms with Crippen LogP contribution >= 0.6 is 0 Å².